The molecule has 25 heavy (non-hydrogen) atoms. The van der Waals surface area contributed by atoms with Crippen molar-refractivity contribution in [1.29, 1.82) is 0 Å². The van der Waals surface area contributed by atoms with Crippen LogP contribution in [0.15, 0.2) is 48.5 Å². The standard InChI is InChI=1S/C18H16F3NO3/c1-2-12-6-8-15(9-7-12)22-16(23)11-25-17(24)13-4-3-5-14(10-13)18(19,20)21/h3-10H,2,11H2,1H3,(H,22,23). The van der Waals surface area contributed by atoms with E-state index >= 15 is 0 Å². The molecule has 0 unspecified atom stereocenters. The predicted octanol–water partition coefficient (Wildman–Crippen LogP) is 4.06. The van der Waals surface area contributed by atoms with Gasteiger partial charge in [0.1, 0.15) is 0 Å². The molecule has 132 valence electrons. The summed E-state index contributed by atoms with van der Waals surface area (Å²) >= 11 is 0. The Morgan fingerprint density at radius 1 is 1.08 bits per heavy atom. The van der Waals surface area contributed by atoms with Crippen LogP contribution in [0.4, 0.5) is 18.9 Å². The Bertz CT molecular complexity index is 755. The van der Waals surface area contributed by atoms with Crippen LogP contribution in [0.1, 0.15) is 28.4 Å². The van der Waals surface area contributed by atoms with E-state index in [0.717, 1.165) is 24.1 Å². The van der Waals surface area contributed by atoms with Crippen LogP contribution in [0, 0.1) is 0 Å². The van der Waals surface area contributed by atoms with E-state index in [1.54, 1.807) is 12.1 Å². The maximum absolute atomic E-state index is 12.6. The van der Waals surface area contributed by atoms with Crippen LogP contribution in [-0.2, 0) is 22.1 Å². The molecule has 0 aliphatic heterocycles. The first-order valence-corrected chi connectivity index (χ1v) is 7.52. The number of hydrogen-bond donors (Lipinski definition) is 1. The van der Waals surface area contributed by atoms with Crippen LogP contribution in [0.5, 0.6) is 0 Å². The van der Waals surface area contributed by atoms with Crippen molar-refractivity contribution in [2.45, 2.75) is 19.5 Å². The van der Waals surface area contributed by atoms with Crippen LogP contribution in [0.3, 0.4) is 0 Å². The number of ether oxygens (including phenoxy) is 1. The molecule has 0 radical (unpaired) electrons. The number of benzene rings is 2. The van der Waals surface area contributed by atoms with Crippen LogP contribution in [0.2, 0.25) is 0 Å². The molecule has 7 heteroatoms. The van der Waals surface area contributed by atoms with Crippen molar-refractivity contribution in [2.75, 3.05) is 11.9 Å². The van der Waals surface area contributed by atoms with Crippen LogP contribution >= 0.6 is 0 Å². The van der Waals surface area contributed by atoms with Gasteiger partial charge in [-0.3, -0.25) is 4.79 Å². The number of carbonyl (C=O) groups excluding carboxylic acids is 2. The molecule has 1 amide bonds. The van der Waals surface area contributed by atoms with E-state index < -0.39 is 30.2 Å². The Balaban J connectivity index is 1.91. The van der Waals surface area contributed by atoms with Gasteiger partial charge in [-0.15, -0.1) is 0 Å². The summed E-state index contributed by atoms with van der Waals surface area (Å²) in [5.74, 6) is -1.58. The zero-order chi connectivity index (χ0) is 18.4. The molecule has 2 aromatic carbocycles. The van der Waals surface area contributed by atoms with Gasteiger partial charge >= 0.3 is 12.1 Å². The van der Waals surface area contributed by atoms with Gasteiger partial charge in [-0.05, 0) is 42.3 Å². The maximum atomic E-state index is 12.6. The first kappa shape index (κ1) is 18.5. The molecule has 2 aromatic rings. The largest absolute Gasteiger partial charge is 0.452 e. The summed E-state index contributed by atoms with van der Waals surface area (Å²) in [6.07, 6.45) is -3.69. The Hall–Kier alpha value is -2.83. The second kappa shape index (κ2) is 7.83. The Kier molecular flexibility index (Phi) is 5.80. The molecule has 1 N–H and O–H groups in total. The lowest BCUT2D eigenvalue weighted by atomic mass is 10.1. The normalized spacial score (nSPS) is 11.0. The highest BCUT2D eigenvalue weighted by atomic mass is 19.4. The first-order chi connectivity index (χ1) is 11.8. The van der Waals surface area contributed by atoms with Crippen LogP contribution in [0.25, 0.3) is 0 Å². The van der Waals surface area contributed by atoms with Gasteiger partial charge in [0.2, 0.25) is 0 Å². The van der Waals surface area contributed by atoms with Crippen molar-refractivity contribution < 1.29 is 27.5 Å². The number of rotatable bonds is 5. The molecule has 0 atom stereocenters. The minimum Gasteiger partial charge on any atom is -0.452 e. The van der Waals surface area contributed by atoms with Gasteiger partial charge in [-0.2, -0.15) is 13.2 Å². The Morgan fingerprint density at radius 2 is 1.76 bits per heavy atom. The van der Waals surface area contributed by atoms with Gasteiger partial charge in [0.25, 0.3) is 5.91 Å². The van der Waals surface area contributed by atoms with Gasteiger partial charge in [0.05, 0.1) is 11.1 Å². The number of anilines is 1. The minimum atomic E-state index is -4.56. The lowest BCUT2D eigenvalue weighted by Gasteiger charge is -2.09. The number of halogens is 3. The molecule has 2 rings (SSSR count). The lowest BCUT2D eigenvalue weighted by molar-refractivity contribution is -0.137. The van der Waals surface area contributed by atoms with Crippen LogP contribution in [-0.4, -0.2) is 18.5 Å². The smallest absolute Gasteiger partial charge is 0.416 e. The van der Waals surface area contributed by atoms with E-state index in [0.29, 0.717) is 11.8 Å². The van der Waals surface area contributed by atoms with E-state index in [-0.39, 0.29) is 5.56 Å². The predicted molar refractivity (Wildman–Crippen MR) is 86.2 cm³/mol. The van der Waals surface area contributed by atoms with E-state index in [1.165, 1.54) is 6.07 Å². The van der Waals surface area contributed by atoms with Crippen molar-refractivity contribution in [3.05, 3.63) is 65.2 Å². The van der Waals surface area contributed by atoms with Gasteiger partial charge in [-0.1, -0.05) is 25.1 Å². The maximum Gasteiger partial charge on any atom is 0.416 e. The van der Waals surface area contributed by atoms with Crippen LogP contribution < -0.4 is 5.32 Å². The molecule has 0 saturated heterocycles. The van der Waals surface area contributed by atoms with E-state index in [1.807, 2.05) is 19.1 Å². The number of aryl methyl sites for hydroxylation is 1. The summed E-state index contributed by atoms with van der Waals surface area (Å²) in [5, 5.41) is 2.54. The number of carbonyl (C=O) groups is 2. The molecule has 0 aliphatic carbocycles. The van der Waals surface area contributed by atoms with Crippen molar-refractivity contribution in [1.82, 2.24) is 0 Å². The highest BCUT2D eigenvalue weighted by molar-refractivity contribution is 5.95. The third-order valence-electron chi connectivity index (χ3n) is 3.41. The van der Waals surface area contributed by atoms with Gasteiger partial charge < -0.3 is 10.1 Å². The molecular formula is C18H16F3NO3. The average molecular weight is 351 g/mol. The summed E-state index contributed by atoms with van der Waals surface area (Å²) in [4.78, 5) is 23.6. The summed E-state index contributed by atoms with van der Waals surface area (Å²) in [6.45, 7) is 1.41. The number of esters is 1. The fraction of sp³-hybridized carbons (Fsp3) is 0.222. The SMILES string of the molecule is CCc1ccc(NC(=O)COC(=O)c2cccc(C(F)(F)F)c2)cc1. The molecule has 0 aliphatic rings. The van der Waals surface area contributed by atoms with E-state index in [9.17, 15) is 22.8 Å². The zero-order valence-corrected chi connectivity index (χ0v) is 13.4. The second-order valence-corrected chi connectivity index (χ2v) is 5.25. The fourth-order valence-electron chi connectivity index (χ4n) is 2.06. The first-order valence-electron chi connectivity index (χ1n) is 7.52. The van der Waals surface area contributed by atoms with Gasteiger partial charge in [0, 0.05) is 5.69 Å². The summed E-state index contributed by atoms with van der Waals surface area (Å²) in [6, 6.07) is 11.0. The molecule has 0 aromatic heterocycles. The highest BCUT2D eigenvalue weighted by Crippen LogP contribution is 2.29. The molecular weight excluding hydrogens is 335 g/mol. The molecule has 0 fully saturated rings. The summed E-state index contributed by atoms with van der Waals surface area (Å²) in [7, 11) is 0. The van der Waals surface area contributed by atoms with E-state index in [4.69, 9.17) is 4.74 Å². The van der Waals surface area contributed by atoms with Gasteiger partial charge in [0.15, 0.2) is 6.61 Å². The van der Waals surface area contributed by atoms with Crippen molar-refractivity contribution in [2.24, 2.45) is 0 Å². The number of amides is 1. The van der Waals surface area contributed by atoms with E-state index in [2.05, 4.69) is 5.32 Å². The third-order valence-corrected chi connectivity index (χ3v) is 3.41. The summed E-state index contributed by atoms with van der Waals surface area (Å²) in [5.41, 5.74) is 0.420. The number of nitrogens with one attached hydrogen (secondary N) is 1. The molecule has 0 saturated carbocycles. The van der Waals surface area contributed by atoms with Crippen molar-refractivity contribution >= 4 is 17.6 Å². The number of hydrogen-bond acceptors (Lipinski definition) is 3. The molecule has 0 bridgehead atoms. The molecule has 0 spiro atoms. The molecule has 0 heterocycles. The van der Waals surface area contributed by atoms with Gasteiger partial charge in [-0.25, -0.2) is 4.79 Å². The number of alkyl halides is 3. The summed E-state index contributed by atoms with van der Waals surface area (Å²) < 4.78 is 42.6. The van der Waals surface area contributed by atoms with Crippen molar-refractivity contribution in [3.8, 4) is 0 Å². The monoisotopic (exact) mass is 351 g/mol. The highest BCUT2D eigenvalue weighted by Gasteiger charge is 2.31. The lowest BCUT2D eigenvalue weighted by Crippen LogP contribution is -2.21. The zero-order valence-electron chi connectivity index (χ0n) is 13.4. The fourth-order valence-corrected chi connectivity index (χ4v) is 2.06. The topological polar surface area (TPSA) is 55.4 Å². The minimum absolute atomic E-state index is 0.269. The second-order valence-electron chi connectivity index (χ2n) is 5.25. The molecule has 4 nitrogen and oxygen atoms in total. The average Bonchev–Trinajstić information content (AvgIpc) is 2.59. The Labute approximate surface area is 142 Å². The van der Waals surface area contributed by atoms with Crippen molar-refractivity contribution in [3.63, 3.8) is 0 Å². The Morgan fingerprint density at radius 3 is 2.36 bits per heavy atom. The third kappa shape index (κ3) is 5.34. The quantitative estimate of drug-likeness (QED) is 0.827.